The molecule has 4 nitrogen and oxygen atoms in total. The number of aromatic carboxylic acids is 1. The molecule has 0 radical (unpaired) electrons. The molecule has 0 aliphatic rings. The summed E-state index contributed by atoms with van der Waals surface area (Å²) in [4.78, 5) is 10.7. The quantitative estimate of drug-likeness (QED) is 0.740. The summed E-state index contributed by atoms with van der Waals surface area (Å²) in [6, 6.07) is 6.85. The number of imidazole rings is 1. The molecule has 0 saturated heterocycles. The molecule has 0 unspecified atom stereocenters. The Bertz CT molecular complexity index is 570. The topological polar surface area (TPSA) is 48.9 Å². The molecular weight excluding hydrogens is 240 g/mol. The Morgan fingerprint density at radius 3 is 2.58 bits per heavy atom. The van der Waals surface area contributed by atoms with Gasteiger partial charge in [0.1, 0.15) is 18.9 Å². The zero-order chi connectivity index (χ0) is 13.8. The summed E-state index contributed by atoms with van der Waals surface area (Å²) in [5.74, 6) is 0.136. The van der Waals surface area contributed by atoms with E-state index in [9.17, 15) is 9.90 Å². The molecule has 0 spiro atoms. The number of carboxylic acids is 1. The number of aromatic nitrogens is 2. The van der Waals surface area contributed by atoms with E-state index in [1.54, 1.807) is 12.1 Å². The van der Waals surface area contributed by atoms with Crippen molar-refractivity contribution in [2.24, 2.45) is 7.05 Å². The summed E-state index contributed by atoms with van der Waals surface area (Å²) in [7, 11) is 2.04. The van der Waals surface area contributed by atoms with Crippen molar-refractivity contribution in [2.75, 3.05) is 0 Å². The highest BCUT2D eigenvalue weighted by Gasteiger charge is 2.13. The lowest BCUT2D eigenvalue weighted by Crippen LogP contribution is -2.32. The summed E-state index contributed by atoms with van der Waals surface area (Å²) < 4.78 is 4.32. The van der Waals surface area contributed by atoms with Crippen LogP contribution in [0, 0.1) is 0 Å². The molecule has 1 aromatic heterocycles. The van der Waals surface area contributed by atoms with E-state index in [1.807, 2.05) is 25.4 Å². The van der Waals surface area contributed by atoms with E-state index in [-0.39, 0.29) is 5.56 Å². The molecule has 0 amide bonds. The Balaban J connectivity index is 2.19. The average molecular weight is 258 g/mol. The minimum atomic E-state index is -1.13. The van der Waals surface area contributed by atoms with Gasteiger partial charge in [0.15, 0.2) is 0 Å². The Hall–Kier alpha value is -2.10. The van der Waals surface area contributed by atoms with Crippen LogP contribution in [0.25, 0.3) is 0 Å². The number of rotatable bonds is 5. The van der Waals surface area contributed by atoms with Crippen LogP contribution in [0.3, 0.4) is 0 Å². The molecule has 4 heteroatoms. The first kappa shape index (κ1) is 13.3. The number of hydrogen-bond acceptors (Lipinski definition) is 2. The van der Waals surface area contributed by atoms with Gasteiger partial charge >= 0.3 is 0 Å². The van der Waals surface area contributed by atoms with Crippen LogP contribution in [0.4, 0.5) is 0 Å². The second kappa shape index (κ2) is 5.69. The predicted octanol–water partition coefficient (Wildman–Crippen LogP) is 0.677. The lowest BCUT2D eigenvalue weighted by molar-refractivity contribution is -0.678. The molecule has 0 aliphatic heterocycles. The summed E-state index contributed by atoms with van der Waals surface area (Å²) in [5, 5.41) is 10.7. The summed E-state index contributed by atoms with van der Waals surface area (Å²) in [6.07, 6.45) is 6.22. The van der Waals surface area contributed by atoms with Gasteiger partial charge in [-0.2, -0.15) is 0 Å². The van der Waals surface area contributed by atoms with Crippen LogP contribution in [0.5, 0.6) is 0 Å². The minimum Gasteiger partial charge on any atom is -0.545 e. The Labute approximate surface area is 112 Å². The smallest absolute Gasteiger partial charge is 0.256 e. The van der Waals surface area contributed by atoms with Crippen molar-refractivity contribution >= 4 is 5.97 Å². The molecule has 0 N–H and O–H groups in total. The first-order chi connectivity index (χ1) is 9.11. The zero-order valence-corrected chi connectivity index (χ0v) is 11.3. The van der Waals surface area contributed by atoms with E-state index in [1.165, 1.54) is 5.82 Å². The van der Waals surface area contributed by atoms with Gasteiger partial charge in [-0.05, 0) is 17.5 Å². The van der Waals surface area contributed by atoms with E-state index >= 15 is 0 Å². The maximum absolute atomic E-state index is 10.7. The van der Waals surface area contributed by atoms with E-state index in [4.69, 9.17) is 0 Å². The normalized spacial score (nSPS) is 10.6. The monoisotopic (exact) mass is 258 g/mol. The van der Waals surface area contributed by atoms with Crippen molar-refractivity contribution in [3.05, 3.63) is 53.6 Å². The molecule has 0 atom stereocenters. The number of aryl methyl sites for hydroxylation is 1. The van der Waals surface area contributed by atoms with E-state index < -0.39 is 5.97 Å². The predicted molar refractivity (Wildman–Crippen MR) is 69.5 cm³/mol. The molecule has 1 heterocycles. The van der Waals surface area contributed by atoms with Crippen LogP contribution in [-0.2, 0) is 20.0 Å². The number of benzene rings is 1. The Morgan fingerprint density at radius 2 is 2.00 bits per heavy atom. The van der Waals surface area contributed by atoms with Crippen molar-refractivity contribution in [1.29, 1.82) is 0 Å². The molecule has 2 aromatic rings. The number of carboxylic acid groups (broad SMARTS) is 1. The molecular formula is C15H18N2O2. The van der Waals surface area contributed by atoms with Gasteiger partial charge in [0.05, 0.1) is 13.0 Å². The SMILES string of the molecule is CCCc1n(Cc2ccc(C(=O)[O-])cc2)cc[n+]1C. The first-order valence-corrected chi connectivity index (χ1v) is 6.45. The van der Waals surface area contributed by atoms with Gasteiger partial charge in [-0.25, -0.2) is 9.13 Å². The summed E-state index contributed by atoms with van der Waals surface area (Å²) in [6.45, 7) is 2.91. The van der Waals surface area contributed by atoms with E-state index in [2.05, 4.69) is 22.3 Å². The van der Waals surface area contributed by atoms with Crippen molar-refractivity contribution in [1.82, 2.24) is 4.57 Å². The molecule has 0 saturated carbocycles. The lowest BCUT2D eigenvalue weighted by atomic mass is 10.1. The fourth-order valence-corrected chi connectivity index (χ4v) is 2.19. The number of carbonyl (C=O) groups excluding carboxylic acids is 1. The number of nitrogens with zero attached hydrogens (tertiary/aromatic N) is 2. The van der Waals surface area contributed by atoms with Crippen molar-refractivity contribution < 1.29 is 14.5 Å². The van der Waals surface area contributed by atoms with Crippen molar-refractivity contribution in [3.8, 4) is 0 Å². The molecule has 0 fully saturated rings. The molecule has 100 valence electrons. The highest BCUT2D eigenvalue weighted by atomic mass is 16.4. The van der Waals surface area contributed by atoms with E-state index in [0.717, 1.165) is 24.9 Å². The fourth-order valence-electron chi connectivity index (χ4n) is 2.19. The van der Waals surface area contributed by atoms with Crippen LogP contribution < -0.4 is 9.67 Å². The van der Waals surface area contributed by atoms with Gasteiger partial charge in [0, 0.05) is 6.42 Å². The second-order valence-corrected chi connectivity index (χ2v) is 4.69. The van der Waals surface area contributed by atoms with Crippen molar-refractivity contribution in [2.45, 2.75) is 26.3 Å². The summed E-state index contributed by atoms with van der Waals surface area (Å²) >= 11 is 0. The maximum atomic E-state index is 10.7. The molecule has 19 heavy (non-hydrogen) atoms. The second-order valence-electron chi connectivity index (χ2n) is 4.69. The highest BCUT2D eigenvalue weighted by Crippen LogP contribution is 2.08. The maximum Gasteiger partial charge on any atom is 0.256 e. The first-order valence-electron chi connectivity index (χ1n) is 6.45. The highest BCUT2D eigenvalue weighted by molar-refractivity contribution is 5.85. The standard InChI is InChI=1S/C15H18N2O2/c1-3-4-14-16(2)9-10-17(14)11-12-5-7-13(8-6-12)15(18)19/h5-10H,3-4,11H2,1-2H3. The van der Waals surface area contributed by atoms with Crippen LogP contribution in [0.1, 0.15) is 35.1 Å². The van der Waals surface area contributed by atoms with Crippen molar-refractivity contribution in [3.63, 3.8) is 0 Å². The Morgan fingerprint density at radius 1 is 1.32 bits per heavy atom. The van der Waals surface area contributed by atoms with Crippen LogP contribution in [-0.4, -0.2) is 10.5 Å². The van der Waals surface area contributed by atoms with Crippen LogP contribution in [0.2, 0.25) is 0 Å². The van der Waals surface area contributed by atoms with Gasteiger partial charge < -0.3 is 9.90 Å². The largest absolute Gasteiger partial charge is 0.545 e. The third kappa shape index (κ3) is 3.02. The minimum absolute atomic E-state index is 0.218. The van der Waals surface area contributed by atoms with Gasteiger partial charge in [-0.3, -0.25) is 0 Å². The van der Waals surface area contributed by atoms with Gasteiger partial charge in [-0.15, -0.1) is 0 Å². The third-order valence-electron chi connectivity index (χ3n) is 3.23. The van der Waals surface area contributed by atoms with E-state index in [0.29, 0.717) is 0 Å². The van der Waals surface area contributed by atoms with Crippen LogP contribution in [0.15, 0.2) is 36.7 Å². The van der Waals surface area contributed by atoms with Gasteiger partial charge in [0.25, 0.3) is 5.82 Å². The number of carbonyl (C=O) groups is 1. The fraction of sp³-hybridized carbons (Fsp3) is 0.333. The molecule has 0 bridgehead atoms. The number of hydrogen-bond donors (Lipinski definition) is 0. The average Bonchev–Trinajstić information content (AvgIpc) is 2.73. The molecule has 0 aliphatic carbocycles. The van der Waals surface area contributed by atoms with Gasteiger partial charge in [-0.1, -0.05) is 31.2 Å². The molecule has 1 aromatic carbocycles. The Kier molecular flexibility index (Phi) is 4.00. The lowest BCUT2D eigenvalue weighted by Gasteiger charge is -2.05. The zero-order valence-electron chi connectivity index (χ0n) is 11.3. The van der Waals surface area contributed by atoms with Crippen LogP contribution >= 0.6 is 0 Å². The molecule has 2 rings (SSSR count). The summed E-state index contributed by atoms with van der Waals surface area (Å²) in [5.41, 5.74) is 1.30. The van der Waals surface area contributed by atoms with Gasteiger partial charge in [0.2, 0.25) is 0 Å². The third-order valence-corrected chi connectivity index (χ3v) is 3.23.